The van der Waals surface area contributed by atoms with Gasteiger partial charge in [0.2, 0.25) is 0 Å². The number of methoxy groups -OCH3 is 1. The third kappa shape index (κ3) is 3.02. The molecule has 0 saturated carbocycles. The number of ether oxygens (including phenoxy) is 1. The first-order valence-electron chi connectivity index (χ1n) is 6.32. The molecule has 0 spiro atoms. The number of nitrogens with two attached hydrogens (primary N) is 1. The van der Waals surface area contributed by atoms with E-state index in [0.717, 1.165) is 22.3 Å². The largest absolute Gasteiger partial charge is 0.497 e. The predicted molar refractivity (Wildman–Crippen MR) is 84.1 cm³/mol. The molecule has 2 aromatic rings. The van der Waals surface area contributed by atoms with Crippen molar-refractivity contribution in [3.8, 4) is 11.8 Å². The molecule has 2 aromatic carbocycles. The molecule has 2 heteroatoms. The summed E-state index contributed by atoms with van der Waals surface area (Å²) in [4.78, 5) is 0. The van der Waals surface area contributed by atoms with Crippen LogP contribution in [0.15, 0.2) is 49.0 Å². The fraction of sp³-hybridized carbons (Fsp3) is 0.111. The maximum atomic E-state index is 5.93. The van der Waals surface area contributed by atoms with Crippen molar-refractivity contribution in [3.05, 3.63) is 71.3 Å². The standard InChI is InChI=1S/C18H17NO/c1-13-8-11-18(19)16(12-13)10-9-15-6-4-5-7-17(15)14(2)20-3/h4-8,11-12H,2,19H2,1,3H3. The number of aryl methyl sites for hydroxylation is 1. The molecule has 20 heavy (non-hydrogen) atoms. The molecule has 0 fully saturated rings. The third-order valence-corrected chi connectivity index (χ3v) is 3.01. The Labute approximate surface area is 119 Å². The molecule has 0 aliphatic heterocycles. The highest BCUT2D eigenvalue weighted by Gasteiger charge is 2.03. The highest BCUT2D eigenvalue weighted by Crippen LogP contribution is 2.18. The average molecular weight is 263 g/mol. The van der Waals surface area contributed by atoms with Gasteiger partial charge in [0.25, 0.3) is 0 Å². The molecule has 2 nitrogen and oxygen atoms in total. The molecular formula is C18H17NO. The Morgan fingerprint density at radius 2 is 1.80 bits per heavy atom. The monoisotopic (exact) mass is 263 g/mol. The van der Waals surface area contributed by atoms with Gasteiger partial charge in [0, 0.05) is 22.4 Å². The summed E-state index contributed by atoms with van der Waals surface area (Å²) in [5, 5.41) is 0. The first-order chi connectivity index (χ1) is 9.61. The minimum Gasteiger partial charge on any atom is -0.497 e. The van der Waals surface area contributed by atoms with Crippen LogP contribution in [0.3, 0.4) is 0 Å². The molecule has 0 bridgehead atoms. The molecule has 0 aliphatic carbocycles. The second kappa shape index (κ2) is 5.99. The second-order valence-corrected chi connectivity index (χ2v) is 4.51. The fourth-order valence-electron chi connectivity index (χ4n) is 1.86. The van der Waals surface area contributed by atoms with Gasteiger partial charge in [0.05, 0.1) is 7.11 Å². The summed E-state index contributed by atoms with van der Waals surface area (Å²) in [6, 6.07) is 13.6. The van der Waals surface area contributed by atoms with Crippen LogP contribution in [0.1, 0.15) is 22.3 Å². The molecule has 0 heterocycles. The van der Waals surface area contributed by atoms with Crippen LogP contribution in [-0.2, 0) is 4.74 Å². The van der Waals surface area contributed by atoms with E-state index in [1.165, 1.54) is 0 Å². The Morgan fingerprint density at radius 1 is 1.10 bits per heavy atom. The summed E-state index contributed by atoms with van der Waals surface area (Å²) >= 11 is 0. The lowest BCUT2D eigenvalue weighted by molar-refractivity contribution is 0.371. The van der Waals surface area contributed by atoms with Crippen LogP contribution in [0, 0.1) is 18.8 Å². The minimum absolute atomic E-state index is 0.604. The van der Waals surface area contributed by atoms with E-state index < -0.39 is 0 Å². The Kier molecular flexibility index (Phi) is 4.12. The number of anilines is 1. The first-order valence-corrected chi connectivity index (χ1v) is 6.32. The number of rotatable bonds is 2. The maximum Gasteiger partial charge on any atom is 0.120 e. The highest BCUT2D eigenvalue weighted by molar-refractivity contribution is 5.66. The van der Waals surface area contributed by atoms with Crippen LogP contribution in [0.25, 0.3) is 5.76 Å². The number of hydrogen-bond acceptors (Lipinski definition) is 2. The molecule has 0 unspecified atom stereocenters. The van der Waals surface area contributed by atoms with Crippen LogP contribution < -0.4 is 5.73 Å². The van der Waals surface area contributed by atoms with E-state index in [-0.39, 0.29) is 0 Å². The fourth-order valence-corrected chi connectivity index (χ4v) is 1.86. The normalized spacial score (nSPS) is 9.50. The minimum atomic E-state index is 0.604. The van der Waals surface area contributed by atoms with Crippen molar-refractivity contribution >= 4 is 11.4 Å². The Balaban J connectivity index is 2.43. The van der Waals surface area contributed by atoms with Gasteiger partial charge in [0.1, 0.15) is 5.76 Å². The molecule has 2 N–H and O–H groups in total. The zero-order valence-corrected chi connectivity index (χ0v) is 11.7. The third-order valence-electron chi connectivity index (χ3n) is 3.01. The lowest BCUT2D eigenvalue weighted by Crippen LogP contribution is -1.92. The van der Waals surface area contributed by atoms with Gasteiger partial charge >= 0.3 is 0 Å². The van der Waals surface area contributed by atoms with E-state index in [9.17, 15) is 0 Å². The summed E-state index contributed by atoms with van der Waals surface area (Å²) in [6.45, 7) is 5.90. The number of benzene rings is 2. The first kappa shape index (κ1) is 13.8. The molecule has 0 radical (unpaired) electrons. The van der Waals surface area contributed by atoms with Crippen molar-refractivity contribution in [1.29, 1.82) is 0 Å². The van der Waals surface area contributed by atoms with Crippen molar-refractivity contribution < 1.29 is 4.74 Å². The Hall–Kier alpha value is -2.66. The lowest BCUT2D eigenvalue weighted by Gasteiger charge is -2.06. The predicted octanol–water partition coefficient (Wildman–Crippen LogP) is 3.59. The lowest BCUT2D eigenvalue weighted by atomic mass is 10.1. The van der Waals surface area contributed by atoms with E-state index in [2.05, 4.69) is 18.4 Å². The smallest absolute Gasteiger partial charge is 0.120 e. The topological polar surface area (TPSA) is 35.2 Å². The molecule has 0 amide bonds. The second-order valence-electron chi connectivity index (χ2n) is 4.51. The highest BCUT2D eigenvalue weighted by atomic mass is 16.5. The molecule has 0 aromatic heterocycles. The molecular weight excluding hydrogens is 246 g/mol. The van der Waals surface area contributed by atoms with Gasteiger partial charge in [-0.15, -0.1) is 0 Å². The van der Waals surface area contributed by atoms with Crippen molar-refractivity contribution in [2.75, 3.05) is 12.8 Å². The molecule has 0 saturated heterocycles. The number of nitrogen functional groups attached to an aromatic ring is 1. The molecule has 0 aliphatic rings. The summed E-state index contributed by atoms with van der Waals surface area (Å²) in [5.74, 6) is 6.86. The van der Waals surface area contributed by atoms with Gasteiger partial charge in [0.15, 0.2) is 0 Å². The van der Waals surface area contributed by atoms with Gasteiger partial charge in [-0.3, -0.25) is 0 Å². The van der Waals surface area contributed by atoms with Crippen molar-refractivity contribution in [1.82, 2.24) is 0 Å². The summed E-state index contributed by atoms with van der Waals surface area (Å²) in [5.41, 5.74) is 10.4. The van der Waals surface area contributed by atoms with Gasteiger partial charge in [-0.2, -0.15) is 0 Å². The van der Waals surface area contributed by atoms with Crippen LogP contribution in [-0.4, -0.2) is 7.11 Å². The zero-order chi connectivity index (χ0) is 14.5. The quantitative estimate of drug-likeness (QED) is 0.510. The van der Waals surface area contributed by atoms with Gasteiger partial charge < -0.3 is 10.5 Å². The zero-order valence-electron chi connectivity index (χ0n) is 11.7. The molecule has 2 rings (SSSR count). The van der Waals surface area contributed by atoms with E-state index >= 15 is 0 Å². The SMILES string of the molecule is C=C(OC)c1ccccc1C#Cc1cc(C)ccc1N. The van der Waals surface area contributed by atoms with E-state index in [1.807, 2.05) is 49.4 Å². The van der Waals surface area contributed by atoms with Gasteiger partial charge in [-0.25, -0.2) is 0 Å². The van der Waals surface area contributed by atoms with E-state index in [0.29, 0.717) is 11.4 Å². The van der Waals surface area contributed by atoms with Gasteiger partial charge in [-0.05, 0) is 30.7 Å². The summed E-state index contributed by atoms with van der Waals surface area (Å²) < 4.78 is 5.18. The average Bonchev–Trinajstić information content (AvgIpc) is 2.47. The molecule has 0 atom stereocenters. The Bertz CT molecular complexity index is 705. The summed E-state index contributed by atoms with van der Waals surface area (Å²) in [7, 11) is 1.60. The van der Waals surface area contributed by atoms with Crippen LogP contribution >= 0.6 is 0 Å². The maximum absolute atomic E-state index is 5.93. The van der Waals surface area contributed by atoms with Crippen molar-refractivity contribution in [2.45, 2.75) is 6.92 Å². The summed E-state index contributed by atoms with van der Waals surface area (Å²) in [6.07, 6.45) is 0. The van der Waals surface area contributed by atoms with E-state index in [4.69, 9.17) is 10.5 Å². The molecule has 100 valence electrons. The number of hydrogen-bond donors (Lipinski definition) is 1. The van der Waals surface area contributed by atoms with Gasteiger partial charge in [-0.1, -0.05) is 42.7 Å². The van der Waals surface area contributed by atoms with Crippen molar-refractivity contribution in [3.63, 3.8) is 0 Å². The van der Waals surface area contributed by atoms with Crippen molar-refractivity contribution in [2.24, 2.45) is 0 Å². The van der Waals surface area contributed by atoms with Crippen LogP contribution in [0.4, 0.5) is 5.69 Å². The van der Waals surface area contributed by atoms with E-state index in [1.54, 1.807) is 7.11 Å². The van der Waals surface area contributed by atoms with Crippen LogP contribution in [0.5, 0.6) is 0 Å². The Morgan fingerprint density at radius 3 is 2.55 bits per heavy atom. The van der Waals surface area contributed by atoms with Crippen LogP contribution in [0.2, 0.25) is 0 Å².